The van der Waals surface area contributed by atoms with Crippen LogP contribution in [0.1, 0.15) is 0 Å². The molecule has 2 nitrogen and oxygen atoms in total. The summed E-state index contributed by atoms with van der Waals surface area (Å²) in [5, 5.41) is 6.70. The molecule has 0 atom stereocenters. The minimum atomic E-state index is 0.578. The lowest BCUT2D eigenvalue weighted by Gasteiger charge is -2.07. The predicted molar refractivity (Wildman–Crippen MR) is 84.6 cm³/mol. The maximum Gasteiger partial charge on any atom is 0.120 e. The molecule has 3 aromatic rings. The number of hydrogen-bond acceptors (Lipinski definition) is 3. The van der Waals surface area contributed by atoms with Crippen molar-refractivity contribution in [1.82, 2.24) is 0 Å². The van der Waals surface area contributed by atoms with Gasteiger partial charge in [-0.25, -0.2) is 0 Å². The molecule has 0 aliphatic carbocycles. The Morgan fingerprint density at radius 2 is 1.75 bits per heavy atom. The van der Waals surface area contributed by atoms with Crippen molar-refractivity contribution in [3.8, 4) is 16.9 Å². The first-order chi connectivity index (χ1) is 9.86. The third kappa shape index (κ3) is 2.84. The number of methoxy groups -OCH3 is 1. The van der Waals surface area contributed by atoms with Crippen molar-refractivity contribution in [1.29, 1.82) is 0 Å². The van der Waals surface area contributed by atoms with Gasteiger partial charge in [-0.2, -0.15) is 11.3 Å². The first-order valence-electron chi connectivity index (χ1n) is 6.55. The molecule has 0 fully saturated rings. The molecule has 0 bridgehead atoms. The summed E-state index contributed by atoms with van der Waals surface area (Å²) in [7, 11) is 1.68. The van der Waals surface area contributed by atoms with Crippen LogP contribution in [0.5, 0.6) is 5.75 Å². The lowest BCUT2D eigenvalue weighted by Crippen LogP contribution is -2.03. The van der Waals surface area contributed by atoms with Gasteiger partial charge in [-0.15, -0.1) is 0 Å². The molecule has 0 saturated carbocycles. The quantitative estimate of drug-likeness (QED) is 0.638. The highest BCUT2D eigenvalue weighted by atomic mass is 32.1. The minimum Gasteiger partial charge on any atom is -0.491 e. The van der Waals surface area contributed by atoms with Crippen LogP contribution in [0.4, 0.5) is 0 Å². The highest BCUT2D eigenvalue weighted by molar-refractivity contribution is 7.08. The number of benzene rings is 2. The van der Waals surface area contributed by atoms with Crippen LogP contribution in [-0.2, 0) is 4.74 Å². The summed E-state index contributed by atoms with van der Waals surface area (Å²) in [6, 6.07) is 14.9. The van der Waals surface area contributed by atoms with Gasteiger partial charge in [0.05, 0.1) is 6.61 Å². The normalized spacial score (nSPS) is 10.8. The molecule has 1 aromatic heterocycles. The second kappa shape index (κ2) is 6.07. The highest BCUT2D eigenvalue weighted by Gasteiger charge is 2.02. The van der Waals surface area contributed by atoms with Crippen molar-refractivity contribution in [3.05, 3.63) is 53.2 Å². The Kier molecular flexibility index (Phi) is 4.00. The van der Waals surface area contributed by atoms with Gasteiger partial charge >= 0.3 is 0 Å². The van der Waals surface area contributed by atoms with E-state index >= 15 is 0 Å². The summed E-state index contributed by atoms with van der Waals surface area (Å²) in [5.41, 5.74) is 2.53. The van der Waals surface area contributed by atoms with E-state index in [4.69, 9.17) is 9.47 Å². The fourth-order valence-corrected chi connectivity index (χ4v) is 2.83. The first-order valence-corrected chi connectivity index (χ1v) is 7.49. The summed E-state index contributed by atoms with van der Waals surface area (Å²) in [4.78, 5) is 0. The molecule has 3 heteroatoms. The molecule has 0 amide bonds. The average molecular weight is 284 g/mol. The fraction of sp³-hybridized carbons (Fsp3) is 0.176. The van der Waals surface area contributed by atoms with Crippen LogP contribution in [0, 0.1) is 0 Å². The predicted octanol–water partition coefficient (Wildman–Crippen LogP) is 4.59. The van der Waals surface area contributed by atoms with Crippen LogP contribution in [0.3, 0.4) is 0 Å². The Labute approximate surface area is 122 Å². The zero-order valence-corrected chi connectivity index (χ0v) is 12.2. The molecular weight excluding hydrogens is 268 g/mol. The number of rotatable bonds is 5. The van der Waals surface area contributed by atoms with Gasteiger partial charge in [-0.1, -0.05) is 18.2 Å². The minimum absolute atomic E-state index is 0.578. The molecule has 102 valence electrons. The lowest BCUT2D eigenvalue weighted by molar-refractivity contribution is 0.146. The van der Waals surface area contributed by atoms with Crippen molar-refractivity contribution in [2.45, 2.75) is 0 Å². The molecular formula is C17H16O2S. The lowest BCUT2D eigenvalue weighted by atomic mass is 10.0. The third-order valence-electron chi connectivity index (χ3n) is 3.22. The molecule has 0 aliphatic rings. The van der Waals surface area contributed by atoms with Gasteiger partial charge in [-0.3, -0.25) is 0 Å². The topological polar surface area (TPSA) is 18.5 Å². The van der Waals surface area contributed by atoms with E-state index in [0.717, 1.165) is 5.75 Å². The standard InChI is InChI=1S/C17H16O2S/c1-18-7-8-19-17-5-4-13-10-14(2-3-15(13)11-17)16-6-9-20-12-16/h2-6,9-12H,7-8H2,1H3. The Morgan fingerprint density at radius 3 is 2.55 bits per heavy atom. The summed E-state index contributed by atoms with van der Waals surface area (Å²) < 4.78 is 10.6. The zero-order valence-electron chi connectivity index (χ0n) is 11.3. The van der Waals surface area contributed by atoms with Gasteiger partial charge in [0.15, 0.2) is 0 Å². The van der Waals surface area contributed by atoms with E-state index in [1.165, 1.54) is 21.9 Å². The second-order valence-electron chi connectivity index (χ2n) is 4.58. The molecule has 3 rings (SSSR count). The maximum atomic E-state index is 5.63. The van der Waals surface area contributed by atoms with Crippen molar-refractivity contribution in [2.75, 3.05) is 20.3 Å². The van der Waals surface area contributed by atoms with Crippen molar-refractivity contribution in [3.63, 3.8) is 0 Å². The zero-order chi connectivity index (χ0) is 13.8. The number of hydrogen-bond donors (Lipinski definition) is 0. The van der Waals surface area contributed by atoms with Gasteiger partial charge in [0, 0.05) is 7.11 Å². The van der Waals surface area contributed by atoms with Gasteiger partial charge in [0.25, 0.3) is 0 Å². The van der Waals surface area contributed by atoms with Crippen LogP contribution in [0.15, 0.2) is 53.2 Å². The third-order valence-corrected chi connectivity index (χ3v) is 3.91. The van der Waals surface area contributed by atoms with E-state index in [2.05, 4.69) is 47.2 Å². The van der Waals surface area contributed by atoms with E-state index in [0.29, 0.717) is 13.2 Å². The molecule has 0 spiro atoms. The fourth-order valence-electron chi connectivity index (χ4n) is 2.16. The highest BCUT2D eigenvalue weighted by Crippen LogP contribution is 2.28. The Hall–Kier alpha value is -1.84. The number of ether oxygens (including phenoxy) is 2. The van der Waals surface area contributed by atoms with Gasteiger partial charge < -0.3 is 9.47 Å². The van der Waals surface area contributed by atoms with E-state index < -0.39 is 0 Å². The van der Waals surface area contributed by atoms with Gasteiger partial charge in [-0.05, 0) is 56.9 Å². The van der Waals surface area contributed by atoms with E-state index in [1.54, 1.807) is 18.4 Å². The summed E-state index contributed by atoms with van der Waals surface area (Å²) in [5.74, 6) is 0.887. The maximum absolute atomic E-state index is 5.63. The molecule has 0 unspecified atom stereocenters. The van der Waals surface area contributed by atoms with Gasteiger partial charge in [0.2, 0.25) is 0 Å². The molecule has 0 N–H and O–H groups in total. The average Bonchev–Trinajstić information content (AvgIpc) is 3.01. The van der Waals surface area contributed by atoms with Crippen LogP contribution >= 0.6 is 11.3 Å². The Morgan fingerprint density at radius 1 is 0.900 bits per heavy atom. The summed E-state index contributed by atoms with van der Waals surface area (Å²) >= 11 is 1.72. The smallest absolute Gasteiger partial charge is 0.120 e. The number of fused-ring (bicyclic) bond motifs is 1. The van der Waals surface area contributed by atoms with Crippen molar-refractivity contribution < 1.29 is 9.47 Å². The van der Waals surface area contributed by atoms with Crippen LogP contribution in [0.25, 0.3) is 21.9 Å². The van der Waals surface area contributed by atoms with Crippen molar-refractivity contribution in [2.24, 2.45) is 0 Å². The SMILES string of the molecule is COCCOc1ccc2cc(-c3ccsc3)ccc2c1. The molecule has 20 heavy (non-hydrogen) atoms. The van der Waals surface area contributed by atoms with E-state index in [1.807, 2.05) is 6.07 Å². The molecule has 0 radical (unpaired) electrons. The summed E-state index contributed by atoms with van der Waals surface area (Å²) in [6.45, 7) is 1.18. The largest absolute Gasteiger partial charge is 0.491 e. The van der Waals surface area contributed by atoms with Crippen LogP contribution < -0.4 is 4.74 Å². The number of thiophene rings is 1. The van der Waals surface area contributed by atoms with Crippen LogP contribution in [0.2, 0.25) is 0 Å². The molecule has 1 heterocycles. The van der Waals surface area contributed by atoms with E-state index in [-0.39, 0.29) is 0 Å². The van der Waals surface area contributed by atoms with Crippen molar-refractivity contribution >= 4 is 22.1 Å². The monoisotopic (exact) mass is 284 g/mol. The van der Waals surface area contributed by atoms with Gasteiger partial charge in [0.1, 0.15) is 12.4 Å². The molecule has 0 saturated heterocycles. The molecule has 0 aliphatic heterocycles. The molecule has 2 aromatic carbocycles. The summed E-state index contributed by atoms with van der Waals surface area (Å²) in [6.07, 6.45) is 0. The Bertz CT molecular complexity index is 689. The van der Waals surface area contributed by atoms with E-state index in [9.17, 15) is 0 Å². The van der Waals surface area contributed by atoms with Crippen LogP contribution in [-0.4, -0.2) is 20.3 Å². The Balaban J connectivity index is 1.87. The second-order valence-corrected chi connectivity index (χ2v) is 5.36. The first kappa shape index (κ1) is 13.2.